The number of hydrogen-bond acceptors (Lipinski definition) is 2. The number of hydrogen-bond donors (Lipinski definition) is 0. The molecule has 0 saturated carbocycles. The molecule has 4 heteroatoms. The Morgan fingerprint density at radius 2 is 1.58 bits per heavy atom. The maximum Gasteiger partial charge on any atom is 0.254 e. The Balaban J connectivity index is 1.53. The molecular weight excluding hydrogens is 327 g/mol. The second kappa shape index (κ2) is 7.16. The topological polar surface area (TPSA) is 23.6 Å². The molecule has 0 bridgehead atoms. The molecule has 1 heterocycles. The number of fused-ring (bicyclic) bond motifs is 1. The van der Waals surface area contributed by atoms with Gasteiger partial charge < -0.3 is 9.80 Å². The molecule has 1 aliphatic rings. The van der Waals surface area contributed by atoms with E-state index in [0.29, 0.717) is 6.54 Å². The van der Waals surface area contributed by atoms with E-state index in [2.05, 4.69) is 4.90 Å². The summed E-state index contributed by atoms with van der Waals surface area (Å²) in [6.45, 7) is 3.02. The van der Waals surface area contributed by atoms with Crippen molar-refractivity contribution in [3.8, 4) is 0 Å². The zero-order chi connectivity index (χ0) is 17.9. The van der Waals surface area contributed by atoms with E-state index in [9.17, 15) is 9.18 Å². The first-order valence-corrected chi connectivity index (χ1v) is 9.00. The van der Waals surface area contributed by atoms with Gasteiger partial charge in [0.15, 0.2) is 0 Å². The van der Waals surface area contributed by atoms with Crippen LogP contribution in [0, 0.1) is 5.82 Å². The number of amides is 1. The largest absolute Gasteiger partial charge is 0.370 e. The van der Waals surface area contributed by atoms with Gasteiger partial charge in [-0.3, -0.25) is 4.79 Å². The van der Waals surface area contributed by atoms with Crippen molar-refractivity contribution in [3.63, 3.8) is 0 Å². The summed E-state index contributed by atoms with van der Waals surface area (Å²) >= 11 is 0. The predicted octanol–water partition coefficient (Wildman–Crippen LogP) is 4.33. The maximum atomic E-state index is 13.1. The van der Waals surface area contributed by atoms with Gasteiger partial charge in [0.1, 0.15) is 5.82 Å². The summed E-state index contributed by atoms with van der Waals surface area (Å²) in [6, 6.07) is 20.5. The molecule has 0 atom stereocenters. The summed E-state index contributed by atoms with van der Waals surface area (Å²) in [5.74, 6) is -0.140. The molecule has 1 saturated heterocycles. The van der Waals surface area contributed by atoms with Crippen LogP contribution < -0.4 is 4.90 Å². The molecular formula is C22H21FN2O. The van der Waals surface area contributed by atoms with E-state index in [1.807, 2.05) is 47.4 Å². The fourth-order valence-electron chi connectivity index (χ4n) is 3.61. The summed E-state index contributed by atoms with van der Waals surface area (Å²) in [4.78, 5) is 17.3. The van der Waals surface area contributed by atoms with E-state index < -0.39 is 0 Å². The lowest BCUT2D eigenvalue weighted by Crippen LogP contribution is -2.35. The van der Waals surface area contributed by atoms with Gasteiger partial charge in [-0.1, -0.05) is 36.4 Å². The van der Waals surface area contributed by atoms with Gasteiger partial charge in [0, 0.05) is 37.4 Å². The molecule has 1 amide bonds. The first-order chi connectivity index (χ1) is 12.7. The van der Waals surface area contributed by atoms with Crippen molar-refractivity contribution in [2.24, 2.45) is 0 Å². The van der Waals surface area contributed by atoms with E-state index >= 15 is 0 Å². The van der Waals surface area contributed by atoms with Crippen LogP contribution in [-0.4, -0.2) is 37.0 Å². The number of halogens is 1. The van der Waals surface area contributed by atoms with Crippen LogP contribution in [-0.2, 0) is 0 Å². The molecule has 0 radical (unpaired) electrons. The predicted molar refractivity (Wildman–Crippen MR) is 103 cm³/mol. The van der Waals surface area contributed by atoms with Crippen LogP contribution in [0.4, 0.5) is 10.1 Å². The molecule has 3 nitrogen and oxygen atoms in total. The lowest BCUT2D eigenvalue weighted by atomic mass is 10.0. The Labute approximate surface area is 152 Å². The fraction of sp³-hybridized carbons (Fsp3) is 0.227. The Kier molecular flexibility index (Phi) is 4.57. The average Bonchev–Trinajstić information content (AvgIpc) is 2.94. The zero-order valence-electron chi connectivity index (χ0n) is 14.6. The number of carbonyl (C=O) groups excluding carboxylic acids is 1. The van der Waals surface area contributed by atoms with Crippen molar-refractivity contribution < 1.29 is 9.18 Å². The van der Waals surface area contributed by atoms with Gasteiger partial charge in [-0.05, 0) is 47.5 Å². The number of carbonyl (C=O) groups is 1. The Hall–Kier alpha value is -2.88. The molecule has 0 unspecified atom stereocenters. The Bertz CT molecular complexity index is 918. The first-order valence-electron chi connectivity index (χ1n) is 9.00. The van der Waals surface area contributed by atoms with Gasteiger partial charge in [0.05, 0.1) is 0 Å². The van der Waals surface area contributed by atoms with Crippen LogP contribution in [0.2, 0.25) is 0 Å². The first kappa shape index (κ1) is 16.6. The smallest absolute Gasteiger partial charge is 0.254 e. The summed E-state index contributed by atoms with van der Waals surface area (Å²) in [5, 5.41) is 2.08. The fourth-order valence-corrected chi connectivity index (χ4v) is 3.61. The quantitative estimate of drug-likeness (QED) is 0.688. The van der Waals surface area contributed by atoms with Gasteiger partial charge in [-0.25, -0.2) is 4.39 Å². The summed E-state index contributed by atoms with van der Waals surface area (Å²) in [5.41, 5.74) is 1.77. The normalized spacial score (nSPS) is 15.1. The molecule has 132 valence electrons. The second-order valence-electron chi connectivity index (χ2n) is 6.64. The third-order valence-electron chi connectivity index (χ3n) is 4.99. The van der Waals surface area contributed by atoms with Crippen LogP contribution in [0.3, 0.4) is 0 Å². The lowest BCUT2D eigenvalue weighted by molar-refractivity contribution is 0.0769. The van der Waals surface area contributed by atoms with Crippen molar-refractivity contribution in [2.75, 3.05) is 31.1 Å². The highest BCUT2D eigenvalue weighted by molar-refractivity contribution is 6.07. The highest BCUT2D eigenvalue weighted by Crippen LogP contribution is 2.22. The second-order valence-corrected chi connectivity index (χ2v) is 6.64. The summed E-state index contributed by atoms with van der Waals surface area (Å²) in [6.07, 6.45) is 0.897. The van der Waals surface area contributed by atoms with Gasteiger partial charge in [0.2, 0.25) is 0 Å². The Morgan fingerprint density at radius 3 is 2.42 bits per heavy atom. The van der Waals surface area contributed by atoms with Crippen LogP contribution in [0.1, 0.15) is 16.8 Å². The van der Waals surface area contributed by atoms with Crippen LogP contribution >= 0.6 is 0 Å². The summed E-state index contributed by atoms with van der Waals surface area (Å²) in [7, 11) is 0. The highest BCUT2D eigenvalue weighted by atomic mass is 19.1. The third-order valence-corrected chi connectivity index (χ3v) is 4.99. The van der Waals surface area contributed by atoms with Crippen molar-refractivity contribution in [1.82, 2.24) is 4.90 Å². The molecule has 0 N–H and O–H groups in total. The minimum absolute atomic E-state index is 0.0859. The number of benzene rings is 3. The molecule has 4 rings (SSSR count). The molecule has 0 aliphatic carbocycles. The van der Waals surface area contributed by atoms with Crippen LogP contribution in [0.15, 0.2) is 66.7 Å². The summed E-state index contributed by atoms with van der Waals surface area (Å²) < 4.78 is 13.1. The van der Waals surface area contributed by atoms with Crippen molar-refractivity contribution in [3.05, 3.63) is 78.1 Å². The molecule has 0 spiro atoms. The number of rotatable bonds is 2. The SMILES string of the molecule is O=C(c1cccc2ccccc12)N1CCCN(c2ccc(F)cc2)CC1. The van der Waals surface area contributed by atoms with Gasteiger partial charge in [-0.15, -0.1) is 0 Å². The monoisotopic (exact) mass is 348 g/mol. The molecule has 26 heavy (non-hydrogen) atoms. The molecule has 1 aliphatic heterocycles. The lowest BCUT2D eigenvalue weighted by Gasteiger charge is -2.24. The van der Waals surface area contributed by atoms with Gasteiger partial charge in [-0.2, -0.15) is 0 Å². The van der Waals surface area contributed by atoms with E-state index in [-0.39, 0.29) is 11.7 Å². The van der Waals surface area contributed by atoms with Crippen LogP contribution in [0.25, 0.3) is 10.8 Å². The third kappa shape index (κ3) is 3.27. The van der Waals surface area contributed by atoms with E-state index in [1.54, 1.807) is 12.1 Å². The molecule has 3 aromatic carbocycles. The Morgan fingerprint density at radius 1 is 0.808 bits per heavy atom. The van der Waals surface area contributed by atoms with Crippen molar-refractivity contribution >= 4 is 22.4 Å². The molecule has 1 fully saturated rings. The average molecular weight is 348 g/mol. The van der Waals surface area contributed by atoms with Crippen molar-refractivity contribution in [1.29, 1.82) is 0 Å². The standard InChI is InChI=1S/C22H21FN2O/c23-18-9-11-19(12-10-18)24-13-4-14-25(16-15-24)22(26)21-8-3-6-17-5-1-2-7-20(17)21/h1-3,5-12H,4,13-16H2. The zero-order valence-corrected chi connectivity index (χ0v) is 14.6. The number of anilines is 1. The maximum absolute atomic E-state index is 13.1. The van der Waals surface area contributed by atoms with Crippen LogP contribution in [0.5, 0.6) is 0 Å². The minimum Gasteiger partial charge on any atom is -0.370 e. The van der Waals surface area contributed by atoms with Gasteiger partial charge in [0.25, 0.3) is 5.91 Å². The van der Waals surface area contributed by atoms with Gasteiger partial charge >= 0.3 is 0 Å². The molecule has 3 aromatic rings. The molecule has 0 aromatic heterocycles. The van der Waals surface area contributed by atoms with E-state index in [1.165, 1.54) is 12.1 Å². The van der Waals surface area contributed by atoms with E-state index in [0.717, 1.165) is 48.1 Å². The van der Waals surface area contributed by atoms with Crippen molar-refractivity contribution in [2.45, 2.75) is 6.42 Å². The number of nitrogens with zero attached hydrogens (tertiary/aromatic N) is 2. The minimum atomic E-state index is -0.226. The van der Waals surface area contributed by atoms with E-state index in [4.69, 9.17) is 0 Å². The highest BCUT2D eigenvalue weighted by Gasteiger charge is 2.21.